The van der Waals surface area contributed by atoms with Gasteiger partial charge in [-0.25, -0.2) is 4.98 Å². The minimum absolute atomic E-state index is 0.530. The molecular weight excluding hydrogens is 236 g/mol. The summed E-state index contributed by atoms with van der Waals surface area (Å²) >= 11 is 0. The van der Waals surface area contributed by atoms with Gasteiger partial charge >= 0.3 is 0 Å². The van der Waals surface area contributed by atoms with Crippen LogP contribution < -0.4 is 4.74 Å². The van der Waals surface area contributed by atoms with Crippen molar-refractivity contribution in [2.24, 2.45) is 0 Å². The maximum atomic E-state index is 5.04. The van der Waals surface area contributed by atoms with Gasteiger partial charge in [-0.05, 0) is 16.7 Å². The van der Waals surface area contributed by atoms with Crippen molar-refractivity contribution in [1.29, 1.82) is 0 Å². The van der Waals surface area contributed by atoms with E-state index in [4.69, 9.17) is 4.74 Å². The fraction of sp³-hybridized carbons (Fsp3) is 0.0625. The van der Waals surface area contributed by atoms with E-state index >= 15 is 0 Å². The van der Waals surface area contributed by atoms with E-state index in [2.05, 4.69) is 46.4 Å². The fourth-order valence-corrected chi connectivity index (χ4v) is 2.03. The number of ether oxygens (including phenoxy) is 1. The average Bonchev–Trinajstić information content (AvgIpc) is 2.97. The van der Waals surface area contributed by atoms with Crippen molar-refractivity contribution in [2.45, 2.75) is 0 Å². The second kappa shape index (κ2) is 4.98. The highest BCUT2D eigenvalue weighted by Crippen LogP contribution is 2.24. The summed E-state index contributed by atoms with van der Waals surface area (Å²) in [6.07, 6.45) is 1.77. The number of H-pyrrole nitrogens is 1. The Hall–Kier alpha value is -2.55. The molecule has 0 unspecified atom stereocenters. The Balaban J connectivity index is 1.90. The molecule has 1 N–H and O–H groups in total. The van der Waals surface area contributed by atoms with Gasteiger partial charge in [-0.15, -0.1) is 0 Å². The van der Waals surface area contributed by atoms with Gasteiger partial charge in [-0.3, -0.25) is 0 Å². The van der Waals surface area contributed by atoms with Crippen LogP contribution in [0, 0.1) is 0 Å². The van der Waals surface area contributed by atoms with Gasteiger partial charge in [-0.2, -0.15) is 0 Å². The molecule has 3 nitrogen and oxygen atoms in total. The highest BCUT2D eigenvalue weighted by atomic mass is 16.5. The molecule has 0 atom stereocenters. The third-order valence-corrected chi connectivity index (χ3v) is 3.05. The molecule has 19 heavy (non-hydrogen) atoms. The van der Waals surface area contributed by atoms with Crippen molar-refractivity contribution in [3.05, 3.63) is 60.8 Å². The van der Waals surface area contributed by atoms with Crippen LogP contribution in [-0.2, 0) is 0 Å². The number of hydrogen-bond donors (Lipinski definition) is 1. The smallest absolute Gasteiger partial charge is 0.293 e. The zero-order valence-electron chi connectivity index (χ0n) is 10.6. The average molecular weight is 250 g/mol. The van der Waals surface area contributed by atoms with Crippen LogP contribution in [0.25, 0.3) is 22.4 Å². The number of nitrogens with one attached hydrogen (secondary N) is 1. The van der Waals surface area contributed by atoms with Crippen molar-refractivity contribution < 1.29 is 4.74 Å². The van der Waals surface area contributed by atoms with Crippen LogP contribution in [0.4, 0.5) is 0 Å². The van der Waals surface area contributed by atoms with E-state index in [9.17, 15) is 0 Å². The minimum Gasteiger partial charge on any atom is -0.468 e. The molecule has 0 amide bonds. The number of hydrogen-bond acceptors (Lipinski definition) is 2. The van der Waals surface area contributed by atoms with E-state index in [1.807, 2.05) is 18.2 Å². The Kier molecular flexibility index (Phi) is 3.02. The van der Waals surface area contributed by atoms with Crippen LogP contribution >= 0.6 is 0 Å². The van der Waals surface area contributed by atoms with Gasteiger partial charge in [-0.1, -0.05) is 54.6 Å². The first-order chi connectivity index (χ1) is 9.36. The topological polar surface area (TPSA) is 37.9 Å². The lowest BCUT2D eigenvalue weighted by molar-refractivity contribution is 0.384. The van der Waals surface area contributed by atoms with Crippen molar-refractivity contribution >= 4 is 0 Å². The maximum absolute atomic E-state index is 5.04. The number of imidazole rings is 1. The van der Waals surface area contributed by atoms with Gasteiger partial charge in [0, 0.05) is 0 Å². The highest BCUT2D eigenvalue weighted by Gasteiger charge is 2.03. The molecule has 1 heterocycles. The number of aromatic nitrogens is 2. The highest BCUT2D eigenvalue weighted by molar-refractivity contribution is 5.68. The summed E-state index contributed by atoms with van der Waals surface area (Å²) < 4.78 is 5.04. The summed E-state index contributed by atoms with van der Waals surface area (Å²) in [5.74, 6) is 0. The van der Waals surface area contributed by atoms with E-state index in [1.165, 1.54) is 11.1 Å². The number of rotatable bonds is 3. The third-order valence-electron chi connectivity index (χ3n) is 3.05. The lowest BCUT2D eigenvalue weighted by Crippen LogP contribution is -1.84. The molecule has 1 aromatic heterocycles. The zero-order chi connectivity index (χ0) is 13.1. The van der Waals surface area contributed by atoms with Crippen molar-refractivity contribution in [1.82, 2.24) is 9.97 Å². The fourth-order valence-electron chi connectivity index (χ4n) is 2.03. The van der Waals surface area contributed by atoms with E-state index in [0.717, 1.165) is 11.3 Å². The zero-order valence-corrected chi connectivity index (χ0v) is 10.6. The number of methoxy groups -OCH3 is 1. The first kappa shape index (κ1) is 11.5. The molecule has 0 saturated heterocycles. The van der Waals surface area contributed by atoms with Gasteiger partial charge in [0.05, 0.1) is 19.0 Å². The monoisotopic (exact) mass is 250 g/mol. The van der Waals surface area contributed by atoms with Crippen LogP contribution in [0.3, 0.4) is 0 Å². The molecule has 94 valence electrons. The van der Waals surface area contributed by atoms with E-state index in [0.29, 0.717) is 6.01 Å². The van der Waals surface area contributed by atoms with Crippen LogP contribution in [0.2, 0.25) is 0 Å². The third kappa shape index (κ3) is 2.36. The molecule has 0 aliphatic rings. The van der Waals surface area contributed by atoms with Crippen LogP contribution in [0.1, 0.15) is 0 Å². The SMILES string of the molecule is COc1ncc(-c2ccc(-c3ccccc3)cc2)[nH]1. The molecular formula is C16H14N2O. The first-order valence-electron chi connectivity index (χ1n) is 6.11. The molecule has 0 saturated carbocycles. The summed E-state index contributed by atoms with van der Waals surface area (Å²) in [7, 11) is 1.60. The van der Waals surface area contributed by atoms with Gasteiger partial charge in [0.1, 0.15) is 0 Å². The molecule has 3 aromatic rings. The molecule has 0 aliphatic heterocycles. The second-order valence-electron chi connectivity index (χ2n) is 4.25. The Morgan fingerprint density at radius 1 is 0.842 bits per heavy atom. The summed E-state index contributed by atoms with van der Waals surface area (Å²) in [6.45, 7) is 0. The van der Waals surface area contributed by atoms with Crippen LogP contribution in [0.5, 0.6) is 6.01 Å². The standard InChI is InChI=1S/C16H14N2O/c1-19-16-17-11-15(18-16)14-9-7-13(8-10-14)12-5-3-2-4-6-12/h2-11H,1H3,(H,17,18). The quantitative estimate of drug-likeness (QED) is 0.768. The Bertz CT molecular complexity index is 657. The van der Waals surface area contributed by atoms with Crippen molar-refractivity contribution in [3.63, 3.8) is 0 Å². The van der Waals surface area contributed by atoms with Crippen molar-refractivity contribution in [2.75, 3.05) is 7.11 Å². The lowest BCUT2D eigenvalue weighted by Gasteiger charge is -2.03. The van der Waals surface area contributed by atoms with E-state index < -0.39 is 0 Å². The number of benzene rings is 2. The second-order valence-corrected chi connectivity index (χ2v) is 4.25. The van der Waals surface area contributed by atoms with Crippen molar-refractivity contribution in [3.8, 4) is 28.4 Å². The number of nitrogens with zero attached hydrogens (tertiary/aromatic N) is 1. The van der Waals surface area contributed by atoms with E-state index in [1.54, 1.807) is 13.3 Å². The lowest BCUT2D eigenvalue weighted by atomic mass is 10.0. The van der Waals surface area contributed by atoms with Gasteiger partial charge in [0.25, 0.3) is 6.01 Å². The summed E-state index contributed by atoms with van der Waals surface area (Å²) in [5, 5.41) is 0. The summed E-state index contributed by atoms with van der Waals surface area (Å²) in [4.78, 5) is 7.22. The van der Waals surface area contributed by atoms with Crippen LogP contribution in [-0.4, -0.2) is 17.1 Å². The summed E-state index contributed by atoms with van der Waals surface area (Å²) in [5.41, 5.74) is 4.47. The molecule has 0 aliphatic carbocycles. The van der Waals surface area contributed by atoms with Gasteiger partial charge < -0.3 is 9.72 Å². The molecule has 3 rings (SSSR count). The van der Waals surface area contributed by atoms with Gasteiger partial charge in [0.2, 0.25) is 0 Å². The molecule has 0 bridgehead atoms. The largest absolute Gasteiger partial charge is 0.468 e. The maximum Gasteiger partial charge on any atom is 0.293 e. The minimum atomic E-state index is 0.530. The Morgan fingerprint density at radius 2 is 1.47 bits per heavy atom. The molecule has 3 heteroatoms. The first-order valence-corrected chi connectivity index (χ1v) is 6.11. The molecule has 2 aromatic carbocycles. The van der Waals surface area contributed by atoms with E-state index in [-0.39, 0.29) is 0 Å². The molecule has 0 radical (unpaired) electrons. The number of aromatic amines is 1. The molecule has 0 fully saturated rings. The molecule has 0 spiro atoms. The van der Waals surface area contributed by atoms with Crippen LogP contribution in [0.15, 0.2) is 60.8 Å². The predicted molar refractivity (Wildman–Crippen MR) is 76.0 cm³/mol. The normalized spacial score (nSPS) is 10.4. The Morgan fingerprint density at radius 3 is 2.11 bits per heavy atom. The Labute approximate surface area is 111 Å². The summed E-state index contributed by atoms with van der Waals surface area (Å²) in [6, 6.07) is 19.2. The predicted octanol–water partition coefficient (Wildman–Crippen LogP) is 3.75. The van der Waals surface area contributed by atoms with Gasteiger partial charge in [0.15, 0.2) is 0 Å².